The minimum absolute atomic E-state index is 0.226. The summed E-state index contributed by atoms with van der Waals surface area (Å²) in [5, 5.41) is 11.1. The fourth-order valence-corrected chi connectivity index (χ4v) is 5.75. The lowest BCUT2D eigenvalue weighted by Crippen LogP contribution is -2.25. The monoisotopic (exact) mass is 530 g/mol. The van der Waals surface area contributed by atoms with Crippen LogP contribution in [0.3, 0.4) is 0 Å². The van der Waals surface area contributed by atoms with Crippen LogP contribution >= 0.6 is 11.8 Å². The number of hydrogen-bond donors (Lipinski definition) is 1. The number of esters is 1. The highest BCUT2D eigenvalue weighted by Gasteiger charge is 2.25. The molecule has 9 nitrogen and oxygen atoms in total. The van der Waals surface area contributed by atoms with Gasteiger partial charge in [0.25, 0.3) is 0 Å². The van der Waals surface area contributed by atoms with Crippen molar-refractivity contribution in [2.75, 3.05) is 11.9 Å². The first-order valence-electron chi connectivity index (χ1n) is 11.6. The zero-order valence-corrected chi connectivity index (χ0v) is 22.4. The number of aryl methyl sites for hydroxylation is 1. The summed E-state index contributed by atoms with van der Waals surface area (Å²) < 4.78 is 32.6. The number of nitrogens with one attached hydrogen (secondary N) is 1. The van der Waals surface area contributed by atoms with Crippen LogP contribution < -0.4 is 5.32 Å². The van der Waals surface area contributed by atoms with E-state index < -0.39 is 21.1 Å². The summed E-state index contributed by atoms with van der Waals surface area (Å²) in [6.45, 7) is 8.08. The quantitative estimate of drug-likeness (QED) is 0.288. The van der Waals surface area contributed by atoms with Gasteiger partial charge in [0.15, 0.2) is 15.0 Å². The molecule has 0 fully saturated rings. The average Bonchev–Trinajstić information content (AvgIpc) is 3.23. The zero-order valence-electron chi connectivity index (χ0n) is 20.7. The van der Waals surface area contributed by atoms with Crippen molar-refractivity contribution < 1.29 is 22.7 Å². The number of nitrogens with zero attached hydrogens (tertiary/aromatic N) is 3. The predicted octanol–water partition coefficient (Wildman–Crippen LogP) is 4.27. The van der Waals surface area contributed by atoms with E-state index in [2.05, 4.69) is 15.5 Å². The van der Waals surface area contributed by atoms with Gasteiger partial charge in [0.1, 0.15) is 11.6 Å². The maximum atomic E-state index is 13.0. The van der Waals surface area contributed by atoms with Gasteiger partial charge in [-0.3, -0.25) is 4.79 Å². The van der Waals surface area contributed by atoms with Gasteiger partial charge in [-0.05, 0) is 57.5 Å². The van der Waals surface area contributed by atoms with Crippen molar-refractivity contribution in [1.29, 1.82) is 0 Å². The van der Waals surface area contributed by atoms with Crippen LogP contribution in [0.2, 0.25) is 0 Å². The molecule has 1 heterocycles. The van der Waals surface area contributed by atoms with Crippen LogP contribution in [0.15, 0.2) is 58.6 Å². The van der Waals surface area contributed by atoms with E-state index in [1.165, 1.54) is 11.8 Å². The highest BCUT2D eigenvalue weighted by molar-refractivity contribution is 8.00. The van der Waals surface area contributed by atoms with Crippen LogP contribution in [-0.4, -0.2) is 46.9 Å². The smallest absolute Gasteiger partial charge is 0.338 e. The van der Waals surface area contributed by atoms with E-state index in [-0.39, 0.29) is 23.2 Å². The van der Waals surface area contributed by atoms with Crippen LogP contribution in [0.4, 0.5) is 5.69 Å². The van der Waals surface area contributed by atoms with Gasteiger partial charge < -0.3 is 14.6 Å². The topological polar surface area (TPSA) is 120 Å². The second-order valence-electron chi connectivity index (χ2n) is 8.02. The van der Waals surface area contributed by atoms with E-state index in [4.69, 9.17) is 4.74 Å². The third kappa shape index (κ3) is 6.73. The molecule has 1 atom stereocenters. The minimum atomic E-state index is -3.61. The number of hydrogen-bond acceptors (Lipinski definition) is 8. The van der Waals surface area contributed by atoms with Gasteiger partial charge in [-0.1, -0.05) is 42.4 Å². The first kappa shape index (κ1) is 27.4. The lowest BCUT2D eigenvalue weighted by atomic mass is 10.2. The molecule has 3 rings (SSSR count). The van der Waals surface area contributed by atoms with Gasteiger partial charge in [-0.15, -0.1) is 10.2 Å². The molecule has 2 aromatic carbocycles. The molecule has 0 bridgehead atoms. The number of carbonyl (C=O) groups excluding carboxylic acids is 2. The summed E-state index contributed by atoms with van der Waals surface area (Å²) in [5.41, 5.74) is 1.80. The number of ether oxygens (including phenoxy) is 1. The molecule has 0 saturated carbocycles. The van der Waals surface area contributed by atoms with Crippen LogP contribution in [0.5, 0.6) is 0 Å². The minimum Gasteiger partial charge on any atom is -0.462 e. The highest BCUT2D eigenvalue weighted by Crippen LogP contribution is 2.27. The molecule has 1 N–H and O–H groups in total. The maximum Gasteiger partial charge on any atom is 0.338 e. The van der Waals surface area contributed by atoms with E-state index in [0.29, 0.717) is 35.2 Å². The van der Waals surface area contributed by atoms with Gasteiger partial charge >= 0.3 is 5.97 Å². The van der Waals surface area contributed by atoms with Crippen molar-refractivity contribution in [2.24, 2.45) is 0 Å². The molecule has 0 aliphatic heterocycles. The SMILES string of the molecule is CCOC(=O)c1cccc(NC(=O)C(CC)Sc2nnc(CS(=O)(=O)c3ccc(C)cc3)n2CC)c1. The van der Waals surface area contributed by atoms with Gasteiger partial charge in [-0.25, -0.2) is 13.2 Å². The molecule has 0 aliphatic rings. The van der Waals surface area contributed by atoms with Crippen LogP contribution in [0.25, 0.3) is 0 Å². The van der Waals surface area contributed by atoms with Crippen molar-refractivity contribution >= 4 is 39.2 Å². The molecule has 1 unspecified atom stereocenters. The molecule has 0 spiro atoms. The number of thioether (sulfide) groups is 1. The normalized spacial score (nSPS) is 12.2. The Morgan fingerprint density at radius 1 is 1.08 bits per heavy atom. The highest BCUT2D eigenvalue weighted by atomic mass is 32.2. The van der Waals surface area contributed by atoms with E-state index in [1.807, 2.05) is 20.8 Å². The molecule has 1 aromatic heterocycles. The Balaban J connectivity index is 1.74. The molecule has 11 heteroatoms. The molecule has 36 heavy (non-hydrogen) atoms. The molecule has 0 saturated heterocycles. The third-order valence-electron chi connectivity index (χ3n) is 5.36. The lowest BCUT2D eigenvalue weighted by Gasteiger charge is -2.15. The van der Waals surface area contributed by atoms with Crippen LogP contribution in [-0.2, 0) is 31.7 Å². The number of amides is 1. The van der Waals surface area contributed by atoms with Crippen molar-refractivity contribution in [2.45, 2.75) is 61.7 Å². The summed E-state index contributed by atoms with van der Waals surface area (Å²) in [5.74, 6) is -0.693. The summed E-state index contributed by atoms with van der Waals surface area (Å²) in [7, 11) is -3.61. The Bertz CT molecular complexity index is 1320. The summed E-state index contributed by atoms with van der Waals surface area (Å²) in [6, 6.07) is 13.2. The van der Waals surface area contributed by atoms with Gasteiger partial charge in [0.05, 0.1) is 22.3 Å². The first-order valence-corrected chi connectivity index (χ1v) is 14.2. The van der Waals surface area contributed by atoms with Gasteiger partial charge in [0, 0.05) is 12.2 Å². The summed E-state index contributed by atoms with van der Waals surface area (Å²) >= 11 is 1.22. The van der Waals surface area contributed by atoms with E-state index in [9.17, 15) is 18.0 Å². The summed E-state index contributed by atoms with van der Waals surface area (Å²) in [6.07, 6.45) is 0.502. The van der Waals surface area contributed by atoms with Crippen molar-refractivity contribution in [3.63, 3.8) is 0 Å². The lowest BCUT2D eigenvalue weighted by molar-refractivity contribution is -0.115. The van der Waals surface area contributed by atoms with Crippen LogP contribution in [0.1, 0.15) is 48.9 Å². The van der Waals surface area contributed by atoms with Crippen molar-refractivity contribution in [1.82, 2.24) is 14.8 Å². The molecule has 0 aliphatic carbocycles. The Labute approximate surface area is 215 Å². The van der Waals surface area contributed by atoms with E-state index in [0.717, 1.165) is 5.56 Å². The zero-order chi connectivity index (χ0) is 26.3. The predicted molar refractivity (Wildman–Crippen MR) is 139 cm³/mol. The number of sulfone groups is 1. The number of rotatable bonds is 11. The number of anilines is 1. The molecule has 3 aromatic rings. The fraction of sp³-hybridized carbons (Fsp3) is 0.360. The van der Waals surface area contributed by atoms with Gasteiger partial charge in [-0.2, -0.15) is 0 Å². The average molecular weight is 531 g/mol. The third-order valence-corrected chi connectivity index (χ3v) is 8.33. The molecule has 192 valence electrons. The van der Waals surface area contributed by atoms with E-state index in [1.54, 1.807) is 60.0 Å². The second-order valence-corrected chi connectivity index (χ2v) is 11.2. The molecular formula is C25H30N4O5S2. The van der Waals surface area contributed by atoms with Crippen molar-refractivity contribution in [3.8, 4) is 0 Å². The summed E-state index contributed by atoms with van der Waals surface area (Å²) in [4.78, 5) is 25.2. The maximum absolute atomic E-state index is 13.0. The molecular weight excluding hydrogens is 500 g/mol. The first-order chi connectivity index (χ1) is 17.2. The number of aromatic nitrogens is 3. The second kappa shape index (κ2) is 12.2. The largest absolute Gasteiger partial charge is 0.462 e. The number of carbonyl (C=O) groups is 2. The Hall–Kier alpha value is -3.18. The standard InChI is InChI=1S/C25H30N4O5S2/c1-5-21(23(30)26-19-10-8-9-18(15-19)24(31)34-7-3)35-25-28-27-22(29(25)6-2)16-36(32,33)20-13-11-17(4)12-14-20/h8-15,21H,5-7,16H2,1-4H3,(H,26,30). The Morgan fingerprint density at radius 2 is 1.81 bits per heavy atom. The van der Waals surface area contributed by atoms with Gasteiger partial charge in [0.2, 0.25) is 5.91 Å². The number of benzene rings is 2. The van der Waals surface area contributed by atoms with Crippen molar-refractivity contribution in [3.05, 3.63) is 65.5 Å². The fourth-order valence-electron chi connectivity index (χ4n) is 3.44. The van der Waals surface area contributed by atoms with E-state index >= 15 is 0 Å². The molecule has 1 amide bonds. The Morgan fingerprint density at radius 3 is 2.44 bits per heavy atom. The Kier molecular flexibility index (Phi) is 9.27. The van der Waals surface area contributed by atoms with Crippen LogP contribution in [0, 0.1) is 6.92 Å². The molecule has 0 radical (unpaired) electrons.